The molecule has 0 amide bonds. The zero-order chi connectivity index (χ0) is 20.0. The third-order valence-electron chi connectivity index (χ3n) is 3.10. The highest BCUT2D eigenvalue weighted by Gasteiger charge is 2.16. The lowest BCUT2D eigenvalue weighted by molar-refractivity contribution is -0.400. The number of halogens is 3. The molecule has 0 bridgehead atoms. The van der Waals surface area contributed by atoms with Gasteiger partial charge in [-0.05, 0) is 51.8 Å². The summed E-state index contributed by atoms with van der Waals surface area (Å²) in [5, 5.41) is 11.1. The quantitative estimate of drug-likeness (QED) is 0.242. The van der Waals surface area contributed by atoms with Crippen LogP contribution in [0.5, 0.6) is 17.2 Å². The number of rotatable bonds is 7. The molecule has 0 spiro atoms. The molecule has 142 valence electrons. The van der Waals surface area contributed by atoms with E-state index in [4.69, 9.17) is 37.4 Å². The average Bonchev–Trinajstić information content (AvgIpc) is 2.61. The summed E-state index contributed by atoms with van der Waals surface area (Å²) in [6.07, 6.45) is 2.07. The monoisotopic (exact) mass is 475 g/mol. The molecule has 2 aromatic carbocycles. The van der Waals surface area contributed by atoms with Crippen LogP contribution in [0.2, 0.25) is 10.0 Å². The van der Waals surface area contributed by atoms with E-state index in [-0.39, 0.29) is 22.3 Å². The van der Waals surface area contributed by atoms with Gasteiger partial charge in [0.1, 0.15) is 5.75 Å². The number of nitro groups is 1. The minimum absolute atomic E-state index is 0.117. The topological polar surface area (TPSA) is 87.9 Å². The summed E-state index contributed by atoms with van der Waals surface area (Å²) in [5.74, 6) is -0.0882. The van der Waals surface area contributed by atoms with E-state index >= 15 is 0 Å². The Kier molecular flexibility index (Phi) is 7.46. The lowest BCUT2D eigenvalue weighted by Crippen LogP contribution is -2.18. The second-order valence-corrected chi connectivity index (χ2v) is 6.67. The van der Waals surface area contributed by atoms with E-state index < -0.39 is 17.5 Å². The van der Waals surface area contributed by atoms with Crippen molar-refractivity contribution in [3.8, 4) is 17.2 Å². The predicted octanol–water partition coefficient (Wildman–Crippen LogP) is 5.00. The summed E-state index contributed by atoms with van der Waals surface area (Å²) < 4.78 is 16.2. The molecule has 0 N–H and O–H groups in total. The van der Waals surface area contributed by atoms with Crippen LogP contribution in [-0.2, 0) is 4.79 Å². The molecule has 0 aliphatic rings. The molecule has 0 saturated carbocycles. The van der Waals surface area contributed by atoms with Gasteiger partial charge < -0.3 is 14.2 Å². The molecule has 0 aromatic heterocycles. The van der Waals surface area contributed by atoms with Gasteiger partial charge in [-0.25, -0.2) is 4.79 Å². The van der Waals surface area contributed by atoms with Crippen molar-refractivity contribution in [1.29, 1.82) is 0 Å². The predicted molar refractivity (Wildman–Crippen MR) is 104 cm³/mol. The van der Waals surface area contributed by atoms with Gasteiger partial charge in [-0.3, -0.25) is 10.1 Å². The fourth-order valence-electron chi connectivity index (χ4n) is 1.95. The van der Waals surface area contributed by atoms with Crippen molar-refractivity contribution in [3.05, 3.63) is 66.7 Å². The van der Waals surface area contributed by atoms with Crippen molar-refractivity contribution in [2.24, 2.45) is 0 Å². The fraction of sp³-hybridized carbons (Fsp3) is 0.118. The molecule has 7 nitrogen and oxygen atoms in total. The number of esters is 1. The lowest BCUT2D eigenvalue weighted by Gasteiger charge is -2.13. The van der Waals surface area contributed by atoms with Crippen molar-refractivity contribution >= 4 is 51.2 Å². The Morgan fingerprint density at radius 3 is 2.63 bits per heavy atom. The molecule has 2 aromatic rings. The van der Waals surface area contributed by atoms with Gasteiger partial charge in [-0.15, -0.1) is 0 Å². The molecule has 0 aliphatic carbocycles. The minimum Gasteiger partial charge on any atom is -0.493 e. The van der Waals surface area contributed by atoms with E-state index in [2.05, 4.69) is 15.9 Å². The molecule has 0 atom stereocenters. The van der Waals surface area contributed by atoms with Crippen LogP contribution < -0.4 is 14.2 Å². The molecular formula is C17H12BrCl2NO6. The Labute approximate surface area is 172 Å². The second kappa shape index (κ2) is 9.59. The summed E-state index contributed by atoms with van der Waals surface area (Å²) in [5.41, 5.74) is 0.486. The van der Waals surface area contributed by atoms with E-state index in [1.807, 2.05) is 0 Å². The van der Waals surface area contributed by atoms with Crippen molar-refractivity contribution < 1.29 is 23.9 Å². The van der Waals surface area contributed by atoms with Gasteiger partial charge >= 0.3 is 5.97 Å². The number of nitrogens with zero attached hydrogens (tertiary/aromatic N) is 1. The third kappa shape index (κ3) is 6.13. The maximum atomic E-state index is 12.1. The molecule has 27 heavy (non-hydrogen) atoms. The molecular weight excluding hydrogens is 465 g/mol. The Bertz CT molecular complexity index is 903. The highest BCUT2D eigenvalue weighted by molar-refractivity contribution is 9.10. The molecule has 0 unspecified atom stereocenters. The lowest BCUT2D eigenvalue weighted by atomic mass is 10.2. The summed E-state index contributed by atoms with van der Waals surface area (Å²) in [6.45, 7) is -0.403. The van der Waals surface area contributed by atoms with Gasteiger partial charge in [0.15, 0.2) is 18.1 Å². The Morgan fingerprint density at radius 1 is 1.26 bits per heavy atom. The number of benzene rings is 2. The third-order valence-corrected chi connectivity index (χ3v) is 4.22. The molecule has 0 saturated heterocycles. The van der Waals surface area contributed by atoms with Crippen molar-refractivity contribution in [2.45, 2.75) is 0 Å². The first-order chi connectivity index (χ1) is 12.8. The molecule has 0 heterocycles. The van der Waals surface area contributed by atoms with Gasteiger partial charge in [0.05, 0.1) is 21.5 Å². The summed E-state index contributed by atoms with van der Waals surface area (Å²) >= 11 is 15.0. The van der Waals surface area contributed by atoms with E-state index in [9.17, 15) is 14.9 Å². The van der Waals surface area contributed by atoms with Crippen LogP contribution in [0, 0.1) is 10.1 Å². The van der Waals surface area contributed by atoms with Crippen molar-refractivity contribution in [1.82, 2.24) is 0 Å². The first-order valence-corrected chi connectivity index (χ1v) is 8.83. The van der Waals surface area contributed by atoms with Crippen LogP contribution in [-0.4, -0.2) is 24.6 Å². The van der Waals surface area contributed by atoms with E-state index in [1.165, 1.54) is 31.4 Å². The van der Waals surface area contributed by atoms with Crippen LogP contribution in [0.4, 0.5) is 0 Å². The van der Waals surface area contributed by atoms with Crippen LogP contribution in [0.25, 0.3) is 6.08 Å². The smallest absolute Gasteiger partial charge is 0.349 e. The number of hydrogen-bond acceptors (Lipinski definition) is 6. The van der Waals surface area contributed by atoms with Crippen molar-refractivity contribution in [3.63, 3.8) is 0 Å². The summed E-state index contributed by atoms with van der Waals surface area (Å²) in [6, 6.07) is 7.63. The first-order valence-electron chi connectivity index (χ1n) is 7.28. The number of ether oxygens (including phenoxy) is 3. The normalized spacial score (nSPS) is 10.7. The van der Waals surface area contributed by atoms with Gasteiger partial charge in [0, 0.05) is 11.1 Å². The van der Waals surface area contributed by atoms with Gasteiger partial charge in [-0.1, -0.05) is 23.2 Å². The fourth-order valence-corrected chi connectivity index (χ4v) is 2.96. The minimum atomic E-state index is -0.700. The van der Waals surface area contributed by atoms with Gasteiger partial charge in [-0.2, -0.15) is 0 Å². The first kappa shape index (κ1) is 21.0. The Morgan fingerprint density at radius 2 is 2.00 bits per heavy atom. The van der Waals surface area contributed by atoms with Crippen molar-refractivity contribution in [2.75, 3.05) is 13.7 Å². The standard InChI is InChI=1S/C17H12BrCl2NO6/c1-25-15-7-10(4-5-21(23)24)6-12(18)17(15)27-16(22)9-26-14-3-2-11(19)8-13(14)20/h2-8H,9H2,1H3/b5-4+. The maximum absolute atomic E-state index is 12.1. The van der Waals surface area contributed by atoms with Crippen LogP contribution >= 0.6 is 39.1 Å². The Hall–Kier alpha value is -2.29. The van der Waals surface area contributed by atoms with Crippen LogP contribution in [0.15, 0.2) is 41.0 Å². The summed E-state index contributed by atoms with van der Waals surface area (Å²) in [4.78, 5) is 21.9. The molecule has 2 rings (SSSR count). The van der Waals surface area contributed by atoms with Crippen LogP contribution in [0.3, 0.4) is 0 Å². The van der Waals surface area contributed by atoms with Gasteiger partial charge in [0.2, 0.25) is 6.20 Å². The second-order valence-electron chi connectivity index (χ2n) is 4.97. The zero-order valence-corrected chi connectivity index (χ0v) is 16.9. The SMILES string of the molecule is COc1cc(/C=C/[N+](=O)[O-])cc(Br)c1OC(=O)COc1ccc(Cl)cc1Cl. The number of carbonyl (C=O) groups excluding carboxylic acids is 1. The maximum Gasteiger partial charge on any atom is 0.349 e. The summed E-state index contributed by atoms with van der Waals surface area (Å²) in [7, 11) is 1.38. The Balaban J connectivity index is 2.11. The molecule has 10 heteroatoms. The highest BCUT2D eigenvalue weighted by Crippen LogP contribution is 2.37. The molecule has 0 fully saturated rings. The number of carbonyl (C=O) groups is 1. The zero-order valence-electron chi connectivity index (χ0n) is 13.8. The van der Waals surface area contributed by atoms with Gasteiger partial charge in [0.25, 0.3) is 0 Å². The van der Waals surface area contributed by atoms with E-state index in [0.717, 1.165) is 6.20 Å². The largest absolute Gasteiger partial charge is 0.493 e. The molecule has 0 radical (unpaired) electrons. The van der Waals surface area contributed by atoms with Crippen LogP contribution in [0.1, 0.15) is 5.56 Å². The number of methoxy groups -OCH3 is 1. The van der Waals surface area contributed by atoms with E-state index in [0.29, 0.717) is 15.1 Å². The average molecular weight is 477 g/mol. The highest BCUT2D eigenvalue weighted by atomic mass is 79.9. The van der Waals surface area contributed by atoms with E-state index in [1.54, 1.807) is 12.1 Å². The molecule has 0 aliphatic heterocycles. The number of hydrogen-bond donors (Lipinski definition) is 0.